The average molecular weight is 230 g/mol. The quantitative estimate of drug-likeness (QED) is 0.824. The van der Waals surface area contributed by atoms with Gasteiger partial charge in [-0.05, 0) is 37.1 Å². The first kappa shape index (κ1) is 11.2. The van der Waals surface area contributed by atoms with Gasteiger partial charge in [0.15, 0.2) is 0 Å². The molecule has 0 aliphatic rings. The Balaban J connectivity index is 2.28. The standard InChI is InChI=1S/C12H14N4O/c1-7-3-4-9(5-8(7)2)17-11-6-10(13)15-12(14)16-11/h3-6H,1-2H3,(H4,13,14,15,16). The summed E-state index contributed by atoms with van der Waals surface area (Å²) >= 11 is 0. The largest absolute Gasteiger partial charge is 0.439 e. The van der Waals surface area contributed by atoms with E-state index in [1.165, 1.54) is 11.6 Å². The summed E-state index contributed by atoms with van der Waals surface area (Å²) in [7, 11) is 0. The molecule has 4 N–H and O–H groups in total. The third-order valence-corrected chi connectivity index (χ3v) is 2.44. The van der Waals surface area contributed by atoms with Crippen LogP contribution in [0.25, 0.3) is 0 Å². The molecule has 0 spiro atoms. The zero-order valence-electron chi connectivity index (χ0n) is 9.77. The Hall–Kier alpha value is -2.30. The highest BCUT2D eigenvalue weighted by Gasteiger charge is 2.03. The van der Waals surface area contributed by atoms with Crippen molar-refractivity contribution in [1.82, 2.24) is 9.97 Å². The van der Waals surface area contributed by atoms with E-state index in [0.717, 1.165) is 5.56 Å². The summed E-state index contributed by atoms with van der Waals surface area (Å²) in [6.07, 6.45) is 0. The zero-order valence-corrected chi connectivity index (χ0v) is 9.77. The van der Waals surface area contributed by atoms with Crippen molar-refractivity contribution in [3.8, 4) is 11.6 Å². The van der Waals surface area contributed by atoms with E-state index in [9.17, 15) is 0 Å². The van der Waals surface area contributed by atoms with Crippen LogP contribution in [0.15, 0.2) is 24.3 Å². The third kappa shape index (κ3) is 2.63. The summed E-state index contributed by atoms with van der Waals surface area (Å²) in [5.41, 5.74) is 13.4. The van der Waals surface area contributed by atoms with Crippen molar-refractivity contribution in [2.24, 2.45) is 0 Å². The first-order valence-corrected chi connectivity index (χ1v) is 5.20. The topological polar surface area (TPSA) is 87.0 Å². The van der Waals surface area contributed by atoms with E-state index in [0.29, 0.717) is 11.6 Å². The highest BCUT2D eigenvalue weighted by molar-refractivity contribution is 5.41. The lowest BCUT2D eigenvalue weighted by atomic mass is 10.1. The van der Waals surface area contributed by atoms with Gasteiger partial charge in [-0.15, -0.1) is 0 Å². The Morgan fingerprint density at radius 3 is 2.41 bits per heavy atom. The Labute approximate surface area is 99.5 Å². The Kier molecular flexibility index (Phi) is 2.82. The van der Waals surface area contributed by atoms with Gasteiger partial charge in [0.25, 0.3) is 0 Å². The minimum atomic E-state index is 0.101. The molecule has 1 aromatic heterocycles. The fraction of sp³-hybridized carbons (Fsp3) is 0.167. The van der Waals surface area contributed by atoms with Crippen molar-refractivity contribution < 1.29 is 4.74 Å². The number of anilines is 2. The molecule has 88 valence electrons. The molecule has 0 aliphatic heterocycles. The van der Waals surface area contributed by atoms with Crippen molar-refractivity contribution >= 4 is 11.8 Å². The predicted octanol–water partition coefficient (Wildman–Crippen LogP) is 2.05. The summed E-state index contributed by atoms with van der Waals surface area (Å²) in [5.74, 6) is 1.43. The van der Waals surface area contributed by atoms with Crippen LogP contribution in [-0.4, -0.2) is 9.97 Å². The van der Waals surface area contributed by atoms with Crippen LogP contribution in [-0.2, 0) is 0 Å². The summed E-state index contributed by atoms with van der Waals surface area (Å²) in [6, 6.07) is 7.32. The van der Waals surface area contributed by atoms with Gasteiger partial charge in [0.1, 0.15) is 11.6 Å². The second kappa shape index (κ2) is 4.29. The minimum absolute atomic E-state index is 0.101. The molecule has 0 fully saturated rings. The molecule has 0 saturated carbocycles. The molecule has 0 bridgehead atoms. The van der Waals surface area contributed by atoms with E-state index in [1.807, 2.05) is 32.0 Å². The van der Waals surface area contributed by atoms with Gasteiger partial charge in [0, 0.05) is 6.07 Å². The number of nitrogen functional groups attached to an aromatic ring is 2. The Morgan fingerprint density at radius 1 is 1.00 bits per heavy atom. The lowest BCUT2D eigenvalue weighted by Gasteiger charge is -2.07. The second-order valence-electron chi connectivity index (χ2n) is 3.84. The summed E-state index contributed by atoms with van der Waals surface area (Å²) in [6.45, 7) is 4.06. The van der Waals surface area contributed by atoms with Crippen molar-refractivity contribution in [3.05, 3.63) is 35.4 Å². The van der Waals surface area contributed by atoms with Crippen LogP contribution in [0.1, 0.15) is 11.1 Å². The molecule has 5 nitrogen and oxygen atoms in total. The van der Waals surface area contributed by atoms with Crippen molar-refractivity contribution in [2.45, 2.75) is 13.8 Å². The van der Waals surface area contributed by atoms with Crippen LogP contribution in [0, 0.1) is 13.8 Å². The van der Waals surface area contributed by atoms with Gasteiger partial charge in [-0.1, -0.05) is 6.07 Å². The molecule has 2 aromatic rings. The van der Waals surface area contributed by atoms with Gasteiger partial charge in [-0.2, -0.15) is 9.97 Å². The molecular formula is C12H14N4O. The third-order valence-electron chi connectivity index (χ3n) is 2.44. The highest BCUT2D eigenvalue weighted by atomic mass is 16.5. The number of nitrogens with zero attached hydrogens (tertiary/aromatic N) is 2. The second-order valence-corrected chi connectivity index (χ2v) is 3.84. The van der Waals surface area contributed by atoms with Gasteiger partial charge >= 0.3 is 0 Å². The molecule has 1 aromatic carbocycles. The van der Waals surface area contributed by atoms with Crippen molar-refractivity contribution in [3.63, 3.8) is 0 Å². The minimum Gasteiger partial charge on any atom is -0.439 e. The first-order chi connectivity index (χ1) is 8.04. The molecule has 5 heteroatoms. The number of nitrogens with two attached hydrogens (primary N) is 2. The normalized spacial score (nSPS) is 10.2. The molecule has 0 amide bonds. The number of benzene rings is 1. The number of hydrogen-bond acceptors (Lipinski definition) is 5. The van der Waals surface area contributed by atoms with E-state index in [1.54, 1.807) is 0 Å². The van der Waals surface area contributed by atoms with E-state index in [2.05, 4.69) is 9.97 Å². The van der Waals surface area contributed by atoms with Crippen molar-refractivity contribution in [1.29, 1.82) is 0 Å². The first-order valence-electron chi connectivity index (χ1n) is 5.20. The zero-order chi connectivity index (χ0) is 12.4. The van der Waals surface area contributed by atoms with Crippen LogP contribution in [0.5, 0.6) is 11.6 Å². The lowest BCUT2D eigenvalue weighted by molar-refractivity contribution is 0.462. The van der Waals surface area contributed by atoms with E-state index >= 15 is 0 Å². The summed E-state index contributed by atoms with van der Waals surface area (Å²) < 4.78 is 5.56. The molecular weight excluding hydrogens is 216 g/mol. The maximum absolute atomic E-state index is 5.56. The number of aromatic nitrogens is 2. The number of rotatable bonds is 2. The average Bonchev–Trinajstić information content (AvgIpc) is 2.22. The molecule has 2 rings (SSSR count). The fourth-order valence-electron chi connectivity index (χ4n) is 1.41. The molecule has 17 heavy (non-hydrogen) atoms. The van der Waals surface area contributed by atoms with Crippen LogP contribution in [0.3, 0.4) is 0 Å². The van der Waals surface area contributed by atoms with E-state index in [-0.39, 0.29) is 11.8 Å². The Morgan fingerprint density at radius 2 is 1.76 bits per heavy atom. The number of ether oxygens (including phenoxy) is 1. The summed E-state index contributed by atoms with van der Waals surface area (Å²) in [4.78, 5) is 7.72. The van der Waals surface area contributed by atoms with E-state index in [4.69, 9.17) is 16.2 Å². The van der Waals surface area contributed by atoms with Gasteiger partial charge in [0.2, 0.25) is 11.8 Å². The highest BCUT2D eigenvalue weighted by Crippen LogP contribution is 2.23. The maximum atomic E-state index is 5.56. The van der Waals surface area contributed by atoms with Gasteiger partial charge in [-0.3, -0.25) is 0 Å². The van der Waals surface area contributed by atoms with Crippen molar-refractivity contribution in [2.75, 3.05) is 11.5 Å². The van der Waals surface area contributed by atoms with Crippen LogP contribution in [0.2, 0.25) is 0 Å². The maximum Gasteiger partial charge on any atom is 0.226 e. The molecule has 0 atom stereocenters. The smallest absolute Gasteiger partial charge is 0.226 e. The van der Waals surface area contributed by atoms with E-state index < -0.39 is 0 Å². The summed E-state index contributed by atoms with van der Waals surface area (Å²) in [5, 5.41) is 0. The molecule has 1 heterocycles. The van der Waals surface area contributed by atoms with Crippen LogP contribution < -0.4 is 16.2 Å². The van der Waals surface area contributed by atoms with Gasteiger partial charge in [-0.25, -0.2) is 0 Å². The fourth-order valence-corrected chi connectivity index (χ4v) is 1.41. The number of aryl methyl sites for hydroxylation is 2. The SMILES string of the molecule is Cc1ccc(Oc2cc(N)nc(N)n2)cc1C. The Bertz CT molecular complexity index is 534. The van der Waals surface area contributed by atoms with Crippen LogP contribution >= 0.6 is 0 Å². The molecule has 0 saturated heterocycles. The lowest BCUT2D eigenvalue weighted by Crippen LogP contribution is -2.00. The van der Waals surface area contributed by atoms with Crippen LogP contribution in [0.4, 0.5) is 11.8 Å². The van der Waals surface area contributed by atoms with Gasteiger partial charge in [0.05, 0.1) is 0 Å². The molecule has 0 unspecified atom stereocenters. The number of hydrogen-bond donors (Lipinski definition) is 2. The predicted molar refractivity (Wildman–Crippen MR) is 66.8 cm³/mol. The molecule has 0 radical (unpaired) electrons. The molecule has 0 aliphatic carbocycles. The monoisotopic (exact) mass is 230 g/mol. The van der Waals surface area contributed by atoms with Gasteiger partial charge < -0.3 is 16.2 Å².